The van der Waals surface area contributed by atoms with E-state index in [1.807, 2.05) is 30.5 Å². The molecule has 1 saturated carbocycles. The molecule has 0 radical (unpaired) electrons. The van der Waals surface area contributed by atoms with Gasteiger partial charge in [-0.1, -0.05) is 67.8 Å². The summed E-state index contributed by atoms with van der Waals surface area (Å²) < 4.78 is 0. The number of nitrogens with one attached hydrogen (secondary N) is 1. The van der Waals surface area contributed by atoms with Crippen LogP contribution in [0.1, 0.15) is 54.8 Å². The van der Waals surface area contributed by atoms with Crippen molar-refractivity contribution >= 4 is 11.5 Å². The molecule has 4 heteroatoms. The summed E-state index contributed by atoms with van der Waals surface area (Å²) in [6.07, 6.45) is 8.76. The lowest BCUT2D eigenvalue weighted by Gasteiger charge is -2.24. The summed E-state index contributed by atoms with van der Waals surface area (Å²) >= 11 is 0. The first-order valence-corrected chi connectivity index (χ1v) is 10.8. The Balaban J connectivity index is 1.59. The molecular formula is C26H30N4. The van der Waals surface area contributed by atoms with Crippen LogP contribution in [0.3, 0.4) is 0 Å². The Labute approximate surface area is 179 Å². The highest BCUT2D eigenvalue weighted by molar-refractivity contribution is 5.63. The van der Waals surface area contributed by atoms with E-state index in [1.54, 1.807) is 0 Å². The van der Waals surface area contributed by atoms with Crippen molar-refractivity contribution in [3.8, 4) is 11.3 Å². The van der Waals surface area contributed by atoms with Crippen LogP contribution in [0.25, 0.3) is 11.3 Å². The van der Waals surface area contributed by atoms with Gasteiger partial charge in [0.15, 0.2) is 5.82 Å². The third kappa shape index (κ3) is 4.88. The van der Waals surface area contributed by atoms with Gasteiger partial charge in [0, 0.05) is 29.3 Å². The van der Waals surface area contributed by atoms with Crippen LogP contribution in [-0.4, -0.2) is 9.97 Å². The van der Waals surface area contributed by atoms with Gasteiger partial charge in [-0.25, -0.2) is 9.97 Å². The molecule has 3 N–H and O–H groups in total. The van der Waals surface area contributed by atoms with Crippen molar-refractivity contribution in [1.29, 1.82) is 0 Å². The van der Waals surface area contributed by atoms with Crippen LogP contribution in [0.5, 0.6) is 0 Å². The maximum absolute atomic E-state index is 5.85. The molecule has 30 heavy (non-hydrogen) atoms. The Bertz CT molecular complexity index is 1000. The molecule has 0 aliphatic heterocycles. The number of aromatic nitrogens is 2. The highest BCUT2D eigenvalue weighted by Crippen LogP contribution is 2.36. The molecule has 1 fully saturated rings. The fourth-order valence-electron chi connectivity index (χ4n) is 4.12. The van der Waals surface area contributed by atoms with E-state index in [4.69, 9.17) is 15.7 Å². The van der Waals surface area contributed by atoms with Gasteiger partial charge >= 0.3 is 0 Å². The van der Waals surface area contributed by atoms with Crippen molar-refractivity contribution in [1.82, 2.24) is 9.97 Å². The lowest BCUT2D eigenvalue weighted by atomic mass is 9.86. The highest BCUT2D eigenvalue weighted by Gasteiger charge is 2.22. The zero-order valence-electron chi connectivity index (χ0n) is 17.7. The lowest BCUT2D eigenvalue weighted by molar-refractivity contribution is 0.437. The summed E-state index contributed by atoms with van der Waals surface area (Å²) in [5.74, 6) is 1.29. The second-order valence-corrected chi connectivity index (χ2v) is 8.34. The fraction of sp³-hybridized carbons (Fsp3) is 0.308. The van der Waals surface area contributed by atoms with Crippen LogP contribution in [0, 0.1) is 6.92 Å². The van der Waals surface area contributed by atoms with Crippen LogP contribution in [0.2, 0.25) is 0 Å². The zero-order valence-corrected chi connectivity index (χ0v) is 17.7. The number of nitrogens with two attached hydrogens (primary N) is 1. The molecular weight excluding hydrogens is 368 g/mol. The Kier molecular flexibility index (Phi) is 6.12. The fourth-order valence-corrected chi connectivity index (χ4v) is 4.12. The van der Waals surface area contributed by atoms with E-state index in [0.29, 0.717) is 5.92 Å². The van der Waals surface area contributed by atoms with Crippen molar-refractivity contribution in [3.05, 3.63) is 83.8 Å². The minimum Gasteiger partial charge on any atom is -0.399 e. The van der Waals surface area contributed by atoms with Gasteiger partial charge in [-0.3, -0.25) is 0 Å². The molecule has 1 heterocycles. The van der Waals surface area contributed by atoms with Crippen LogP contribution in [-0.2, 0) is 6.42 Å². The molecule has 0 atom stereocenters. The molecule has 1 aliphatic carbocycles. The molecule has 4 nitrogen and oxygen atoms in total. The molecule has 2 aromatic carbocycles. The number of anilines is 2. The van der Waals surface area contributed by atoms with Crippen LogP contribution in [0.4, 0.5) is 11.5 Å². The maximum Gasteiger partial charge on any atom is 0.152 e. The van der Waals surface area contributed by atoms with Gasteiger partial charge in [0.1, 0.15) is 0 Å². The normalized spacial score (nSPS) is 14.4. The number of benzene rings is 2. The van der Waals surface area contributed by atoms with Crippen LogP contribution in [0.15, 0.2) is 67.0 Å². The van der Waals surface area contributed by atoms with Gasteiger partial charge in [-0.2, -0.15) is 0 Å². The van der Waals surface area contributed by atoms with Gasteiger partial charge in [0.25, 0.3) is 0 Å². The number of aryl methyl sites for hydroxylation is 1. The number of hydrogen-bond donors (Lipinski definition) is 2. The van der Waals surface area contributed by atoms with E-state index < -0.39 is 0 Å². The first-order valence-electron chi connectivity index (χ1n) is 10.8. The van der Waals surface area contributed by atoms with Gasteiger partial charge in [0.2, 0.25) is 0 Å². The first kappa shape index (κ1) is 20.1. The van der Waals surface area contributed by atoms with Gasteiger partial charge < -0.3 is 11.1 Å². The number of hydrogen-bond acceptors (Lipinski definition) is 4. The summed E-state index contributed by atoms with van der Waals surface area (Å²) in [5, 5.41) is 3.47. The first-order chi connectivity index (χ1) is 14.6. The predicted octanol–water partition coefficient (Wildman–Crippen LogP) is 6.25. The number of allylic oxidation sites excluding steroid dienone is 1. The summed E-state index contributed by atoms with van der Waals surface area (Å²) in [5.41, 5.74) is 13.0. The van der Waals surface area contributed by atoms with Crippen molar-refractivity contribution < 1.29 is 0 Å². The molecule has 0 amide bonds. The Morgan fingerprint density at radius 3 is 2.43 bits per heavy atom. The highest BCUT2D eigenvalue weighted by atomic mass is 15.0. The Morgan fingerprint density at radius 1 is 1.03 bits per heavy atom. The number of nitrogen functional groups attached to an aromatic ring is 1. The largest absolute Gasteiger partial charge is 0.399 e. The standard InChI is InChI=1S/C26H30N4/c1-18-8-10-20(11-9-18)16-19(2)29-26-25(22-6-4-3-5-7-22)30-24(17-28-26)21-12-14-23(27)15-13-21/h8-15,17,22H,2-7,16,27H2,1H3,(H,28,29). The molecule has 154 valence electrons. The van der Waals surface area contributed by atoms with E-state index in [9.17, 15) is 0 Å². The minimum atomic E-state index is 0.439. The summed E-state index contributed by atoms with van der Waals surface area (Å²) in [4.78, 5) is 9.84. The third-order valence-electron chi connectivity index (χ3n) is 5.83. The molecule has 1 aromatic heterocycles. The van der Waals surface area contributed by atoms with Gasteiger partial charge in [-0.05, 0) is 37.5 Å². The minimum absolute atomic E-state index is 0.439. The molecule has 0 bridgehead atoms. The topological polar surface area (TPSA) is 63.8 Å². The Morgan fingerprint density at radius 2 is 1.73 bits per heavy atom. The number of rotatable bonds is 6. The number of nitrogens with zero attached hydrogens (tertiary/aromatic N) is 2. The van der Waals surface area contributed by atoms with E-state index in [0.717, 1.165) is 40.6 Å². The van der Waals surface area contributed by atoms with Crippen LogP contribution < -0.4 is 11.1 Å². The van der Waals surface area contributed by atoms with Crippen molar-refractivity contribution in [2.45, 2.75) is 51.4 Å². The SMILES string of the molecule is C=C(Cc1ccc(C)cc1)Nc1ncc(-c2ccc(N)cc2)nc1C1CCCCC1. The predicted molar refractivity (Wildman–Crippen MR) is 125 cm³/mol. The van der Waals surface area contributed by atoms with E-state index >= 15 is 0 Å². The smallest absolute Gasteiger partial charge is 0.152 e. The van der Waals surface area contributed by atoms with E-state index in [1.165, 1.54) is 43.2 Å². The van der Waals surface area contributed by atoms with Crippen molar-refractivity contribution in [2.24, 2.45) is 0 Å². The zero-order chi connectivity index (χ0) is 20.9. The summed E-state index contributed by atoms with van der Waals surface area (Å²) in [6.45, 7) is 6.35. The third-order valence-corrected chi connectivity index (χ3v) is 5.83. The molecule has 0 unspecified atom stereocenters. The molecule has 1 aliphatic rings. The summed E-state index contributed by atoms with van der Waals surface area (Å²) in [6, 6.07) is 16.4. The molecule has 0 spiro atoms. The second kappa shape index (κ2) is 9.12. The van der Waals surface area contributed by atoms with Gasteiger partial charge in [0.05, 0.1) is 17.6 Å². The second-order valence-electron chi connectivity index (χ2n) is 8.34. The monoisotopic (exact) mass is 398 g/mol. The van der Waals surface area contributed by atoms with E-state index in [2.05, 4.69) is 43.1 Å². The summed E-state index contributed by atoms with van der Waals surface area (Å²) in [7, 11) is 0. The maximum atomic E-state index is 5.85. The molecule has 4 rings (SSSR count). The van der Waals surface area contributed by atoms with Crippen molar-refractivity contribution in [3.63, 3.8) is 0 Å². The van der Waals surface area contributed by atoms with Crippen LogP contribution >= 0.6 is 0 Å². The average Bonchev–Trinajstić information content (AvgIpc) is 2.77. The van der Waals surface area contributed by atoms with Gasteiger partial charge in [-0.15, -0.1) is 0 Å². The average molecular weight is 399 g/mol. The quantitative estimate of drug-likeness (QED) is 0.482. The van der Waals surface area contributed by atoms with E-state index in [-0.39, 0.29) is 0 Å². The molecule has 0 saturated heterocycles. The lowest BCUT2D eigenvalue weighted by Crippen LogP contribution is -2.13. The molecule has 3 aromatic rings. The Hall–Kier alpha value is -3.14. The van der Waals surface area contributed by atoms with Crippen molar-refractivity contribution in [2.75, 3.05) is 11.1 Å².